The number of hydrogen-bond donors (Lipinski definition) is 0. The normalized spacial score (nSPS) is 13.6. The summed E-state index contributed by atoms with van der Waals surface area (Å²) in [5, 5.41) is 1.01. The number of carbonyl (C=O) groups is 1. The van der Waals surface area contributed by atoms with Gasteiger partial charge in [-0.25, -0.2) is 4.98 Å². The minimum atomic E-state index is -0.946. The molecular weight excluding hydrogens is 310 g/mol. The minimum absolute atomic E-state index is 0.107. The van der Waals surface area contributed by atoms with Crippen LogP contribution >= 0.6 is 0 Å². The van der Waals surface area contributed by atoms with Crippen LogP contribution < -0.4 is 4.90 Å². The standard InChI is InChI=1S/C17H23N3O2S/c1-12(11-23(5)22)20(4)17(21)15-10-16(19(2)3)13-8-6-7-9-14(13)18-15/h6-10,12H,11H2,1-5H3. The third-order valence-electron chi connectivity index (χ3n) is 3.85. The fraction of sp³-hybridized carbons (Fsp3) is 0.412. The summed E-state index contributed by atoms with van der Waals surface area (Å²) < 4.78 is 11.4. The number of fused-ring (bicyclic) bond motifs is 1. The Labute approximate surface area is 139 Å². The second kappa shape index (κ2) is 7.08. The number of rotatable bonds is 5. The van der Waals surface area contributed by atoms with E-state index in [0.717, 1.165) is 16.6 Å². The van der Waals surface area contributed by atoms with Gasteiger partial charge in [0, 0.05) is 61.1 Å². The summed E-state index contributed by atoms with van der Waals surface area (Å²) in [6.07, 6.45) is 1.65. The van der Waals surface area contributed by atoms with E-state index in [4.69, 9.17) is 0 Å². The summed E-state index contributed by atoms with van der Waals surface area (Å²) in [6.45, 7) is 1.90. The number of pyridine rings is 1. The van der Waals surface area contributed by atoms with Crippen molar-refractivity contribution in [3.05, 3.63) is 36.0 Å². The third-order valence-corrected chi connectivity index (χ3v) is 4.80. The zero-order valence-corrected chi connectivity index (χ0v) is 15.1. The van der Waals surface area contributed by atoms with Crippen molar-refractivity contribution in [1.29, 1.82) is 0 Å². The molecule has 0 fully saturated rings. The summed E-state index contributed by atoms with van der Waals surface area (Å²) in [4.78, 5) is 20.8. The summed E-state index contributed by atoms with van der Waals surface area (Å²) in [6, 6.07) is 9.49. The van der Waals surface area contributed by atoms with Crippen molar-refractivity contribution in [1.82, 2.24) is 9.88 Å². The number of aromatic nitrogens is 1. The van der Waals surface area contributed by atoms with E-state index in [1.807, 2.05) is 56.3 Å². The van der Waals surface area contributed by atoms with Crippen molar-refractivity contribution < 1.29 is 9.00 Å². The smallest absolute Gasteiger partial charge is 0.272 e. The van der Waals surface area contributed by atoms with Crippen molar-refractivity contribution in [2.24, 2.45) is 0 Å². The molecule has 0 saturated heterocycles. The van der Waals surface area contributed by atoms with Crippen molar-refractivity contribution >= 4 is 33.3 Å². The molecule has 0 spiro atoms. The first-order valence-electron chi connectivity index (χ1n) is 7.45. The van der Waals surface area contributed by atoms with E-state index in [2.05, 4.69) is 4.98 Å². The molecule has 0 saturated carbocycles. The van der Waals surface area contributed by atoms with Crippen LogP contribution in [0.2, 0.25) is 0 Å². The first-order chi connectivity index (χ1) is 10.8. The van der Waals surface area contributed by atoms with Crippen LogP contribution in [-0.2, 0) is 10.8 Å². The number of nitrogens with zero attached hydrogens (tertiary/aromatic N) is 3. The van der Waals surface area contributed by atoms with E-state index in [-0.39, 0.29) is 11.9 Å². The molecule has 0 N–H and O–H groups in total. The van der Waals surface area contributed by atoms with E-state index in [1.165, 1.54) is 0 Å². The number of hydrogen-bond acceptors (Lipinski definition) is 4. The molecule has 0 bridgehead atoms. The van der Waals surface area contributed by atoms with Crippen LogP contribution in [0.15, 0.2) is 30.3 Å². The molecule has 5 nitrogen and oxygen atoms in total. The van der Waals surface area contributed by atoms with Gasteiger partial charge in [0.2, 0.25) is 0 Å². The van der Waals surface area contributed by atoms with Crippen LogP contribution in [0, 0.1) is 0 Å². The van der Waals surface area contributed by atoms with Gasteiger partial charge in [-0.3, -0.25) is 9.00 Å². The molecule has 1 heterocycles. The molecule has 0 aliphatic heterocycles. The monoisotopic (exact) mass is 333 g/mol. The lowest BCUT2D eigenvalue weighted by atomic mass is 10.1. The molecule has 6 heteroatoms. The van der Waals surface area contributed by atoms with Gasteiger partial charge in [0.15, 0.2) is 0 Å². The quantitative estimate of drug-likeness (QED) is 0.841. The molecular formula is C17H23N3O2S. The lowest BCUT2D eigenvalue weighted by Crippen LogP contribution is -2.38. The third kappa shape index (κ3) is 3.88. The fourth-order valence-corrected chi connectivity index (χ4v) is 3.37. The van der Waals surface area contributed by atoms with Crippen molar-refractivity contribution in [2.75, 3.05) is 38.1 Å². The average Bonchev–Trinajstić information content (AvgIpc) is 2.51. The summed E-state index contributed by atoms with van der Waals surface area (Å²) in [5.41, 5.74) is 2.16. The lowest BCUT2D eigenvalue weighted by molar-refractivity contribution is 0.0752. The van der Waals surface area contributed by atoms with Crippen LogP contribution in [0.3, 0.4) is 0 Å². The predicted octanol–water partition coefficient (Wildman–Crippen LogP) is 2.14. The summed E-state index contributed by atoms with van der Waals surface area (Å²) in [7, 11) is 4.68. The minimum Gasteiger partial charge on any atom is -0.377 e. The average molecular weight is 333 g/mol. The Kier molecular flexibility index (Phi) is 5.36. The number of carbonyl (C=O) groups excluding carboxylic acids is 1. The second-order valence-corrected chi connectivity index (χ2v) is 7.42. The first kappa shape index (κ1) is 17.4. The topological polar surface area (TPSA) is 53.5 Å². The molecule has 2 aromatic rings. The molecule has 23 heavy (non-hydrogen) atoms. The Morgan fingerprint density at radius 3 is 2.52 bits per heavy atom. The SMILES string of the molecule is CC(CS(C)=O)N(C)C(=O)c1cc(N(C)C)c2ccccc2n1. The van der Waals surface area contributed by atoms with Crippen molar-refractivity contribution in [2.45, 2.75) is 13.0 Å². The molecule has 0 aliphatic rings. The molecule has 2 unspecified atom stereocenters. The highest BCUT2D eigenvalue weighted by Crippen LogP contribution is 2.25. The molecule has 1 aromatic carbocycles. The van der Waals surface area contributed by atoms with Crippen LogP contribution in [0.1, 0.15) is 17.4 Å². The van der Waals surface area contributed by atoms with E-state index >= 15 is 0 Å². The van der Waals surface area contributed by atoms with Gasteiger partial charge in [0.05, 0.1) is 5.52 Å². The largest absolute Gasteiger partial charge is 0.377 e. The predicted molar refractivity (Wildman–Crippen MR) is 96.6 cm³/mol. The number of anilines is 1. The zero-order chi connectivity index (χ0) is 17.1. The van der Waals surface area contributed by atoms with E-state index < -0.39 is 10.8 Å². The Bertz CT molecular complexity index is 746. The highest BCUT2D eigenvalue weighted by molar-refractivity contribution is 7.84. The van der Waals surface area contributed by atoms with Crippen molar-refractivity contribution in [3.63, 3.8) is 0 Å². The molecule has 1 aromatic heterocycles. The van der Waals surface area contributed by atoms with Gasteiger partial charge in [-0.2, -0.15) is 0 Å². The molecule has 1 amide bonds. The molecule has 2 rings (SSSR count). The maximum atomic E-state index is 12.7. The van der Waals surface area contributed by atoms with E-state index in [9.17, 15) is 9.00 Å². The molecule has 124 valence electrons. The van der Waals surface area contributed by atoms with Crippen LogP contribution in [0.25, 0.3) is 10.9 Å². The highest BCUT2D eigenvalue weighted by Gasteiger charge is 2.21. The molecule has 2 atom stereocenters. The molecule has 0 radical (unpaired) electrons. The number of amides is 1. The Morgan fingerprint density at radius 1 is 1.26 bits per heavy atom. The maximum absolute atomic E-state index is 12.7. The van der Waals surface area contributed by atoms with Gasteiger partial charge in [0.25, 0.3) is 5.91 Å². The molecule has 0 aliphatic carbocycles. The highest BCUT2D eigenvalue weighted by atomic mass is 32.2. The van der Waals surface area contributed by atoms with E-state index in [0.29, 0.717) is 11.4 Å². The Morgan fingerprint density at radius 2 is 1.91 bits per heavy atom. The fourth-order valence-electron chi connectivity index (χ4n) is 2.47. The van der Waals surface area contributed by atoms with Gasteiger partial charge in [-0.1, -0.05) is 18.2 Å². The number of benzene rings is 1. The van der Waals surface area contributed by atoms with Crippen molar-refractivity contribution in [3.8, 4) is 0 Å². The summed E-state index contributed by atoms with van der Waals surface area (Å²) >= 11 is 0. The van der Waals surface area contributed by atoms with E-state index in [1.54, 1.807) is 18.2 Å². The first-order valence-corrected chi connectivity index (χ1v) is 9.18. The van der Waals surface area contributed by atoms with Gasteiger partial charge >= 0.3 is 0 Å². The van der Waals surface area contributed by atoms with Gasteiger partial charge in [-0.15, -0.1) is 0 Å². The Balaban J connectivity index is 2.43. The van der Waals surface area contributed by atoms with Gasteiger partial charge in [-0.05, 0) is 19.1 Å². The van der Waals surface area contributed by atoms with Gasteiger partial charge in [0.1, 0.15) is 5.69 Å². The van der Waals surface area contributed by atoms with Crippen LogP contribution in [0.4, 0.5) is 5.69 Å². The number of para-hydroxylation sites is 1. The van der Waals surface area contributed by atoms with Crippen LogP contribution in [-0.4, -0.2) is 59.2 Å². The lowest BCUT2D eigenvalue weighted by Gasteiger charge is -2.25. The summed E-state index contributed by atoms with van der Waals surface area (Å²) in [5.74, 6) is 0.299. The maximum Gasteiger partial charge on any atom is 0.272 e. The Hall–Kier alpha value is -1.95. The van der Waals surface area contributed by atoms with Crippen LogP contribution in [0.5, 0.6) is 0 Å². The zero-order valence-electron chi connectivity index (χ0n) is 14.2. The van der Waals surface area contributed by atoms with Gasteiger partial charge < -0.3 is 9.80 Å². The second-order valence-electron chi connectivity index (χ2n) is 5.94.